The molecule has 4 nitrogen and oxygen atoms in total. The zero-order valence-electron chi connectivity index (χ0n) is 12.9. The molecule has 0 bridgehead atoms. The fraction of sp³-hybridized carbons (Fsp3) is 0.294. The van der Waals surface area contributed by atoms with E-state index in [0.29, 0.717) is 25.3 Å². The molecule has 120 valence electrons. The second-order valence-electron chi connectivity index (χ2n) is 5.18. The van der Waals surface area contributed by atoms with Gasteiger partial charge in [0.05, 0.1) is 10.6 Å². The molecule has 3 heterocycles. The maximum absolute atomic E-state index is 11.9. The molecule has 1 amide bonds. The maximum Gasteiger partial charge on any atom is 0.236 e. The number of hydrogen-bond donors (Lipinski definition) is 1. The number of hydrogen-bond acceptors (Lipinski definition) is 5. The summed E-state index contributed by atoms with van der Waals surface area (Å²) < 4.78 is 5.70. The Balaban J connectivity index is 1.46. The molecule has 23 heavy (non-hydrogen) atoms. The summed E-state index contributed by atoms with van der Waals surface area (Å²) >= 11 is 3.29. The van der Waals surface area contributed by atoms with Gasteiger partial charge in [-0.1, -0.05) is 12.1 Å². The highest BCUT2D eigenvalue weighted by Crippen LogP contribution is 2.25. The van der Waals surface area contributed by atoms with Crippen molar-refractivity contribution in [2.24, 2.45) is 0 Å². The Morgan fingerprint density at radius 3 is 2.78 bits per heavy atom. The van der Waals surface area contributed by atoms with Gasteiger partial charge in [-0.25, -0.2) is 4.98 Å². The number of aryl methyl sites for hydroxylation is 2. The Morgan fingerprint density at radius 2 is 2.04 bits per heavy atom. The van der Waals surface area contributed by atoms with Gasteiger partial charge in [0, 0.05) is 24.3 Å². The Kier molecular flexibility index (Phi) is 5.25. The van der Waals surface area contributed by atoms with Crippen LogP contribution in [0.2, 0.25) is 0 Å². The van der Waals surface area contributed by atoms with Crippen LogP contribution in [0, 0.1) is 6.92 Å². The predicted octanol–water partition coefficient (Wildman–Crippen LogP) is 4.06. The van der Waals surface area contributed by atoms with Crippen LogP contribution >= 0.6 is 22.7 Å². The van der Waals surface area contributed by atoms with Gasteiger partial charge in [0.25, 0.3) is 0 Å². The third-order valence-electron chi connectivity index (χ3n) is 3.49. The van der Waals surface area contributed by atoms with Gasteiger partial charge in [-0.3, -0.25) is 4.79 Å². The highest BCUT2D eigenvalue weighted by molar-refractivity contribution is 7.13. The normalized spacial score (nSPS) is 10.8. The smallest absolute Gasteiger partial charge is 0.236 e. The zero-order valence-corrected chi connectivity index (χ0v) is 14.5. The third-order valence-corrected chi connectivity index (χ3v) is 5.28. The summed E-state index contributed by atoms with van der Waals surface area (Å²) in [6.07, 6.45) is 2.01. The van der Waals surface area contributed by atoms with Crippen molar-refractivity contribution >= 4 is 28.6 Å². The van der Waals surface area contributed by atoms with E-state index in [1.165, 1.54) is 4.88 Å². The lowest BCUT2D eigenvalue weighted by Crippen LogP contribution is -2.26. The van der Waals surface area contributed by atoms with Crippen LogP contribution in [0.25, 0.3) is 10.8 Å². The molecule has 3 aromatic rings. The van der Waals surface area contributed by atoms with E-state index in [0.717, 1.165) is 22.8 Å². The molecule has 0 saturated heterocycles. The van der Waals surface area contributed by atoms with Crippen LogP contribution in [0.15, 0.2) is 39.4 Å². The standard InChI is InChI=1S/C17H18N2O2S2/c1-12-14(19-17(21-12)15-5-3-11-23-15)8-9-18-16(20)7-6-13-4-2-10-22-13/h2-5,10-11H,6-9H2,1H3,(H,18,20). The quantitative estimate of drug-likeness (QED) is 0.702. The Labute approximate surface area is 143 Å². The molecule has 0 radical (unpaired) electrons. The molecule has 0 saturated carbocycles. The second kappa shape index (κ2) is 7.57. The van der Waals surface area contributed by atoms with Gasteiger partial charge in [0.15, 0.2) is 0 Å². The van der Waals surface area contributed by atoms with E-state index in [4.69, 9.17) is 4.42 Å². The first-order valence-electron chi connectivity index (χ1n) is 7.51. The second-order valence-corrected chi connectivity index (χ2v) is 7.16. The van der Waals surface area contributed by atoms with Crippen molar-refractivity contribution in [2.75, 3.05) is 6.54 Å². The number of oxazole rings is 1. The van der Waals surface area contributed by atoms with Gasteiger partial charge in [-0.15, -0.1) is 22.7 Å². The van der Waals surface area contributed by atoms with Crippen molar-refractivity contribution < 1.29 is 9.21 Å². The average molecular weight is 346 g/mol. The van der Waals surface area contributed by atoms with Crippen LogP contribution in [0.1, 0.15) is 22.8 Å². The van der Waals surface area contributed by atoms with E-state index < -0.39 is 0 Å². The minimum atomic E-state index is 0.0815. The van der Waals surface area contributed by atoms with E-state index in [9.17, 15) is 4.79 Å². The predicted molar refractivity (Wildman–Crippen MR) is 93.9 cm³/mol. The lowest BCUT2D eigenvalue weighted by Gasteiger charge is -2.03. The van der Waals surface area contributed by atoms with Gasteiger partial charge >= 0.3 is 0 Å². The lowest BCUT2D eigenvalue weighted by atomic mass is 10.2. The van der Waals surface area contributed by atoms with Crippen LogP contribution in [0.4, 0.5) is 0 Å². The summed E-state index contributed by atoms with van der Waals surface area (Å²) in [6.45, 7) is 2.50. The molecule has 0 fully saturated rings. The number of rotatable bonds is 7. The monoisotopic (exact) mass is 346 g/mol. The molecular weight excluding hydrogens is 328 g/mol. The third kappa shape index (κ3) is 4.30. The van der Waals surface area contributed by atoms with E-state index >= 15 is 0 Å². The summed E-state index contributed by atoms with van der Waals surface area (Å²) in [5, 5.41) is 6.99. The fourth-order valence-electron chi connectivity index (χ4n) is 2.27. The first-order valence-corrected chi connectivity index (χ1v) is 9.27. The number of carbonyl (C=O) groups is 1. The Hall–Kier alpha value is -1.92. The van der Waals surface area contributed by atoms with Crippen LogP contribution in [-0.4, -0.2) is 17.4 Å². The van der Waals surface area contributed by atoms with Crippen molar-refractivity contribution in [3.63, 3.8) is 0 Å². The van der Waals surface area contributed by atoms with Gasteiger partial charge in [-0.05, 0) is 36.2 Å². The van der Waals surface area contributed by atoms with E-state index in [2.05, 4.69) is 16.4 Å². The molecule has 3 rings (SSSR count). The van der Waals surface area contributed by atoms with E-state index in [1.807, 2.05) is 35.9 Å². The maximum atomic E-state index is 11.9. The summed E-state index contributed by atoms with van der Waals surface area (Å²) in [7, 11) is 0. The first-order chi connectivity index (χ1) is 11.2. The van der Waals surface area contributed by atoms with Gasteiger partial charge in [0.2, 0.25) is 11.8 Å². The Morgan fingerprint density at radius 1 is 1.22 bits per heavy atom. The molecule has 0 aliphatic heterocycles. The van der Waals surface area contributed by atoms with Gasteiger partial charge < -0.3 is 9.73 Å². The largest absolute Gasteiger partial charge is 0.440 e. The highest BCUT2D eigenvalue weighted by atomic mass is 32.1. The molecule has 0 aliphatic rings. The molecule has 0 aromatic carbocycles. The molecular formula is C17H18N2O2S2. The van der Waals surface area contributed by atoms with Gasteiger partial charge in [-0.2, -0.15) is 0 Å². The average Bonchev–Trinajstić information content (AvgIpc) is 3.28. The van der Waals surface area contributed by atoms with Crippen molar-refractivity contribution in [3.05, 3.63) is 51.4 Å². The van der Waals surface area contributed by atoms with Crippen LogP contribution in [0.3, 0.4) is 0 Å². The van der Waals surface area contributed by atoms with Crippen molar-refractivity contribution in [3.8, 4) is 10.8 Å². The van der Waals surface area contributed by atoms with Crippen LogP contribution in [-0.2, 0) is 17.6 Å². The van der Waals surface area contributed by atoms with Crippen molar-refractivity contribution in [1.82, 2.24) is 10.3 Å². The molecule has 0 spiro atoms. The minimum Gasteiger partial charge on any atom is -0.440 e. The number of nitrogens with one attached hydrogen (secondary N) is 1. The number of thiophene rings is 2. The molecule has 6 heteroatoms. The molecule has 0 aliphatic carbocycles. The topological polar surface area (TPSA) is 55.1 Å². The zero-order chi connectivity index (χ0) is 16.1. The molecule has 1 N–H and O–H groups in total. The number of carbonyl (C=O) groups excluding carboxylic acids is 1. The SMILES string of the molecule is Cc1oc(-c2cccs2)nc1CCNC(=O)CCc1cccs1. The van der Waals surface area contributed by atoms with E-state index in [1.54, 1.807) is 22.7 Å². The van der Waals surface area contributed by atoms with Gasteiger partial charge in [0.1, 0.15) is 5.76 Å². The fourth-order valence-corrected chi connectivity index (χ4v) is 3.62. The molecule has 3 aromatic heterocycles. The molecule has 0 atom stereocenters. The van der Waals surface area contributed by atoms with Crippen molar-refractivity contribution in [1.29, 1.82) is 0 Å². The Bertz CT molecular complexity index is 746. The summed E-state index contributed by atoms with van der Waals surface area (Å²) in [4.78, 5) is 18.7. The highest BCUT2D eigenvalue weighted by Gasteiger charge is 2.12. The lowest BCUT2D eigenvalue weighted by molar-refractivity contribution is -0.121. The summed E-state index contributed by atoms with van der Waals surface area (Å²) in [5.74, 6) is 1.57. The van der Waals surface area contributed by atoms with Crippen molar-refractivity contribution in [2.45, 2.75) is 26.2 Å². The van der Waals surface area contributed by atoms with Crippen LogP contribution in [0.5, 0.6) is 0 Å². The van der Waals surface area contributed by atoms with Crippen LogP contribution < -0.4 is 5.32 Å². The number of nitrogens with zero attached hydrogens (tertiary/aromatic N) is 1. The summed E-state index contributed by atoms with van der Waals surface area (Å²) in [6, 6.07) is 8.04. The minimum absolute atomic E-state index is 0.0815. The first kappa shape index (κ1) is 16.0. The summed E-state index contributed by atoms with van der Waals surface area (Å²) in [5.41, 5.74) is 0.909. The molecule has 0 unspecified atom stereocenters. The number of aromatic nitrogens is 1. The van der Waals surface area contributed by atoms with E-state index in [-0.39, 0.29) is 5.91 Å². The number of amides is 1.